The Morgan fingerprint density at radius 1 is 1.31 bits per heavy atom. The third-order valence-electron chi connectivity index (χ3n) is 2.86. The van der Waals surface area contributed by atoms with E-state index in [-0.39, 0.29) is 5.63 Å². The molecule has 2 aromatic heterocycles. The van der Waals surface area contributed by atoms with Gasteiger partial charge in [0, 0.05) is 12.4 Å². The zero-order valence-electron chi connectivity index (χ0n) is 9.02. The number of hydrogen-bond donors (Lipinski definition) is 0. The summed E-state index contributed by atoms with van der Waals surface area (Å²) in [7, 11) is 1.90. The molecule has 16 heavy (non-hydrogen) atoms. The molecule has 3 aromatic rings. The minimum absolute atomic E-state index is 0.377. The lowest BCUT2D eigenvalue weighted by molar-refractivity contribution is 0.568. The zero-order valence-corrected chi connectivity index (χ0v) is 9.02. The Hall–Kier alpha value is -2.10. The number of rotatable bonds is 0. The smallest absolute Gasteiger partial charge is 0.364 e. The molecule has 0 N–H and O–H groups in total. The minimum Gasteiger partial charge on any atom is -0.421 e. The first-order chi connectivity index (χ1) is 7.68. The van der Waals surface area contributed by atoms with Crippen molar-refractivity contribution >= 4 is 22.0 Å². The Bertz CT molecular complexity index is 753. The third-order valence-corrected chi connectivity index (χ3v) is 2.86. The van der Waals surface area contributed by atoms with Crippen molar-refractivity contribution in [2.45, 2.75) is 6.92 Å². The number of para-hydroxylation sites is 1. The highest BCUT2D eigenvalue weighted by molar-refractivity contribution is 6.00. The summed E-state index contributed by atoms with van der Waals surface area (Å²) in [6.45, 7) is 1.87. The highest BCUT2D eigenvalue weighted by atomic mass is 16.4. The number of imidazole rings is 1. The number of aryl methyl sites for hydroxylation is 2. The van der Waals surface area contributed by atoms with E-state index in [1.807, 2.05) is 36.7 Å². The monoisotopic (exact) mass is 214 g/mol. The molecule has 0 unspecified atom stereocenters. The van der Waals surface area contributed by atoms with Crippen molar-refractivity contribution in [2.24, 2.45) is 7.05 Å². The van der Waals surface area contributed by atoms with Crippen molar-refractivity contribution in [3.63, 3.8) is 0 Å². The molecule has 80 valence electrons. The quantitative estimate of drug-likeness (QED) is 0.538. The Morgan fingerprint density at radius 3 is 2.88 bits per heavy atom. The standard InChI is InChI=1S/C12H10N2O2/c1-7-13-10-11(14(7)2)8-5-3-4-6-9(8)16-12(10)15/h3-6H,1-2H3. The molecule has 0 bridgehead atoms. The topological polar surface area (TPSA) is 48.0 Å². The molecule has 3 rings (SSSR count). The van der Waals surface area contributed by atoms with Crippen LogP contribution in [0.1, 0.15) is 5.82 Å². The first-order valence-electron chi connectivity index (χ1n) is 5.03. The summed E-state index contributed by atoms with van der Waals surface area (Å²) in [4.78, 5) is 15.9. The van der Waals surface area contributed by atoms with Crippen LogP contribution in [-0.4, -0.2) is 9.55 Å². The van der Waals surface area contributed by atoms with E-state index in [2.05, 4.69) is 4.98 Å². The Morgan fingerprint density at radius 2 is 2.06 bits per heavy atom. The lowest BCUT2D eigenvalue weighted by Crippen LogP contribution is -2.00. The number of fused-ring (bicyclic) bond motifs is 3. The largest absolute Gasteiger partial charge is 0.421 e. The van der Waals surface area contributed by atoms with Gasteiger partial charge in [-0.25, -0.2) is 9.78 Å². The van der Waals surface area contributed by atoms with Gasteiger partial charge in [0.05, 0.1) is 5.52 Å². The van der Waals surface area contributed by atoms with Crippen molar-refractivity contribution in [1.82, 2.24) is 9.55 Å². The van der Waals surface area contributed by atoms with E-state index < -0.39 is 0 Å². The zero-order chi connectivity index (χ0) is 11.3. The molecular weight excluding hydrogens is 204 g/mol. The van der Waals surface area contributed by atoms with Crippen LogP contribution in [0.2, 0.25) is 0 Å². The van der Waals surface area contributed by atoms with Gasteiger partial charge in [-0.05, 0) is 19.1 Å². The van der Waals surface area contributed by atoms with E-state index in [1.54, 1.807) is 6.07 Å². The summed E-state index contributed by atoms with van der Waals surface area (Å²) < 4.78 is 7.12. The molecule has 2 heterocycles. The van der Waals surface area contributed by atoms with Crippen LogP contribution >= 0.6 is 0 Å². The Balaban J connectivity index is 2.73. The molecule has 4 heteroatoms. The van der Waals surface area contributed by atoms with Gasteiger partial charge in [-0.2, -0.15) is 0 Å². The summed E-state index contributed by atoms with van der Waals surface area (Å²) >= 11 is 0. The highest BCUT2D eigenvalue weighted by Gasteiger charge is 2.13. The third kappa shape index (κ3) is 1.04. The lowest BCUT2D eigenvalue weighted by atomic mass is 10.2. The molecule has 0 aliphatic carbocycles. The molecule has 0 amide bonds. The molecule has 0 radical (unpaired) electrons. The van der Waals surface area contributed by atoms with Gasteiger partial charge in [-0.3, -0.25) is 0 Å². The van der Waals surface area contributed by atoms with Crippen molar-refractivity contribution in [1.29, 1.82) is 0 Å². The van der Waals surface area contributed by atoms with Crippen LogP contribution < -0.4 is 5.63 Å². The Kier molecular flexibility index (Phi) is 1.68. The molecule has 4 nitrogen and oxygen atoms in total. The first-order valence-corrected chi connectivity index (χ1v) is 5.03. The van der Waals surface area contributed by atoms with Crippen LogP contribution in [0.4, 0.5) is 0 Å². The molecule has 0 saturated carbocycles. The van der Waals surface area contributed by atoms with Gasteiger partial charge in [0.1, 0.15) is 11.4 Å². The summed E-state index contributed by atoms with van der Waals surface area (Å²) in [6, 6.07) is 7.49. The number of benzene rings is 1. The fraction of sp³-hybridized carbons (Fsp3) is 0.167. The van der Waals surface area contributed by atoms with Crippen LogP contribution in [-0.2, 0) is 7.05 Å². The van der Waals surface area contributed by atoms with Gasteiger partial charge in [-0.15, -0.1) is 0 Å². The molecular formula is C12H10N2O2. The number of aromatic nitrogens is 2. The molecule has 0 atom stereocenters. The van der Waals surface area contributed by atoms with E-state index in [4.69, 9.17) is 4.42 Å². The van der Waals surface area contributed by atoms with Gasteiger partial charge in [0.15, 0.2) is 5.52 Å². The minimum atomic E-state index is -0.377. The predicted molar refractivity (Wildman–Crippen MR) is 61.5 cm³/mol. The van der Waals surface area contributed by atoms with E-state index in [0.29, 0.717) is 11.1 Å². The van der Waals surface area contributed by atoms with Crippen LogP contribution in [0.15, 0.2) is 33.5 Å². The van der Waals surface area contributed by atoms with Crippen molar-refractivity contribution in [2.75, 3.05) is 0 Å². The lowest BCUT2D eigenvalue weighted by Gasteiger charge is -2.00. The number of hydrogen-bond acceptors (Lipinski definition) is 3. The molecule has 0 spiro atoms. The van der Waals surface area contributed by atoms with Gasteiger partial charge in [0.2, 0.25) is 0 Å². The normalized spacial score (nSPS) is 11.4. The van der Waals surface area contributed by atoms with Crippen molar-refractivity contribution in [3.05, 3.63) is 40.5 Å². The average molecular weight is 214 g/mol. The summed E-state index contributed by atoms with van der Waals surface area (Å²) in [5.74, 6) is 0.804. The van der Waals surface area contributed by atoms with Crippen molar-refractivity contribution in [3.8, 4) is 0 Å². The summed E-state index contributed by atoms with van der Waals surface area (Å²) in [5.41, 5.74) is 1.46. The molecule has 0 aliphatic rings. The van der Waals surface area contributed by atoms with Crippen LogP contribution in [0.3, 0.4) is 0 Å². The first kappa shape index (κ1) is 9.15. The van der Waals surface area contributed by atoms with Crippen LogP contribution in [0.5, 0.6) is 0 Å². The van der Waals surface area contributed by atoms with Gasteiger partial charge < -0.3 is 8.98 Å². The molecule has 0 aliphatic heterocycles. The van der Waals surface area contributed by atoms with Gasteiger partial charge in [0.25, 0.3) is 0 Å². The second-order valence-electron chi connectivity index (χ2n) is 3.80. The molecule has 0 fully saturated rings. The average Bonchev–Trinajstić information content (AvgIpc) is 2.57. The maximum atomic E-state index is 11.7. The van der Waals surface area contributed by atoms with E-state index in [0.717, 1.165) is 16.7 Å². The maximum absolute atomic E-state index is 11.7. The van der Waals surface area contributed by atoms with E-state index >= 15 is 0 Å². The SMILES string of the molecule is Cc1nc2c(=O)oc3ccccc3c2n1C. The maximum Gasteiger partial charge on any atom is 0.364 e. The summed E-state index contributed by atoms with van der Waals surface area (Å²) in [5, 5.41) is 0.917. The number of nitrogens with zero attached hydrogens (tertiary/aromatic N) is 2. The van der Waals surface area contributed by atoms with Crippen LogP contribution in [0.25, 0.3) is 22.0 Å². The molecule has 0 saturated heterocycles. The Labute approximate surface area is 91.1 Å². The second-order valence-corrected chi connectivity index (χ2v) is 3.80. The molecule has 1 aromatic carbocycles. The van der Waals surface area contributed by atoms with E-state index in [9.17, 15) is 4.79 Å². The fourth-order valence-corrected chi connectivity index (χ4v) is 1.96. The van der Waals surface area contributed by atoms with Crippen molar-refractivity contribution < 1.29 is 4.42 Å². The van der Waals surface area contributed by atoms with E-state index in [1.165, 1.54) is 0 Å². The van der Waals surface area contributed by atoms with Crippen LogP contribution in [0, 0.1) is 6.92 Å². The summed E-state index contributed by atoms with van der Waals surface area (Å²) in [6.07, 6.45) is 0. The fourth-order valence-electron chi connectivity index (χ4n) is 1.96. The second kappa shape index (κ2) is 2.95. The predicted octanol–water partition coefficient (Wildman–Crippen LogP) is 1.99. The van der Waals surface area contributed by atoms with Gasteiger partial charge >= 0.3 is 5.63 Å². The highest BCUT2D eigenvalue weighted by Crippen LogP contribution is 2.22. The van der Waals surface area contributed by atoms with Gasteiger partial charge in [-0.1, -0.05) is 12.1 Å².